The molecule has 128 valence electrons. The Morgan fingerprint density at radius 3 is 2.79 bits per heavy atom. The van der Waals surface area contributed by atoms with E-state index < -0.39 is 0 Å². The lowest BCUT2D eigenvalue weighted by Crippen LogP contribution is -2.36. The predicted molar refractivity (Wildman–Crippen MR) is 95.2 cm³/mol. The Kier molecular flexibility index (Phi) is 4.54. The van der Waals surface area contributed by atoms with E-state index in [9.17, 15) is 0 Å². The third-order valence-electron chi connectivity index (χ3n) is 5.24. The quantitative estimate of drug-likeness (QED) is 0.937. The maximum absolute atomic E-state index is 5.42. The molecule has 1 aliphatic heterocycles. The number of ether oxygens (including phenoxy) is 1. The molecule has 0 unspecified atom stereocenters. The molecule has 2 aliphatic rings. The molecular formula is C19H26N4O. The zero-order chi connectivity index (χ0) is 16.4. The van der Waals surface area contributed by atoms with Gasteiger partial charge in [0.25, 0.3) is 0 Å². The van der Waals surface area contributed by atoms with Gasteiger partial charge in [-0.25, -0.2) is 0 Å². The summed E-state index contributed by atoms with van der Waals surface area (Å²) in [4.78, 5) is 2.39. The van der Waals surface area contributed by atoms with Crippen molar-refractivity contribution in [3.8, 4) is 0 Å². The van der Waals surface area contributed by atoms with Gasteiger partial charge in [-0.3, -0.25) is 4.68 Å². The first-order chi connectivity index (χ1) is 11.8. The normalized spacial score (nSPS) is 20.9. The van der Waals surface area contributed by atoms with Crippen LogP contribution in [0, 0.1) is 0 Å². The lowest BCUT2D eigenvalue weighted by molar-refractivity contribution is 0.122. The van der Waals surface area contributed by atoms with Crippen molar-refractivity contribution in [3.05, 3.63) is 47.3 Å². The maximum Gasteiger partial charge on any atom is 0.0642 e. The molecule has 0 amide bonds. The summed E-state index contributed by atoms with van der Waals surface area (Å²) in [7, 11) is 2.05. The number of anilines is 1. The third kappa shape index (κ3) is 3.19. The van der Waals surface area contributed by atoms with E-state index in [1.165, 1.54) is 35.3 Å². The molecule has 0 saturated carbocycles. The summed E-state index contributed by atoms with van der Waals surface area (Å²) in [6, 6.07) is 9.38. The number of nitrogens with zero attached hydrogens (tertiary/aromatic N) is 3. The fourth-order valence-corrected chi connectivity index (χ4v) is 3.81. The average Bonchev–Trinajstić information content (AvgIpc) is 3.03. The van der Waals surface area contributed by atoms with E-state index in [0.717, 1.165) is 39.3 Å². The van der Waals surface area contributed by atoms with Gasteiger partial charge in [0.15, 0.2) is 0 Å². The number of aromatic nitrogens is 2. The smallest absolute Gasteiger partial charge is 0.0642 e. The Morgan fingerprint density at radius 2 is 2.00 bits per heavy atom. The Balaban J connectivity index is 1.38. The van der Waals surface area contributed by atoms with Crippen molar-refractivity contribution in [3.63, 3.8) is 0 Å². The predicted octanol–water partition coefficient (Wildman–Crippen LogP) is 2.42. The molecule has 0 radical (unpaired) electrons. The van der Waals surface area contributed by atoms with Gasteiger partial charge in [-0.15, -0.1) is 0 Å². The highest BCUT2D eigenvalue weighted by Gasteiger charge is 2.22. The van der Waals surface area contributed by atoms with Crippen molar-refractivity contribution in [1.29, 1.82) is 0 Å². The number of rotatable bonds is 4. The van der Waals surface area contributed by atoms with Crippen molar-refractivity contribution in [2.24, 2.45) is 7.05 Å². The van der Waals surface area contributed by atoms with E-state index in [-0.39, 0.29) is 0 Å². The molecule has 1 aromatic carbocycles. The van der Waals surface area contributed by atoms with Crippen molar-refractivity contribution in [1.82, 2.24) is 15.1 Å². The number of benzene rings is 1. The van der Waals surface area contributed by atoms with Crippen LogP contribution in [-0.4, -0.2) is 36.1 Å². The molecule has 24 heavy (non-hydrogen) atoms. The lowest BCUT2D eigenvalue weighted by Gasteiger charge is -2.29. The van der Waals surface area contributed by atoms with Crippen molar-refractivity contribution in [2.45, 2.75) is 31.8 Å². The van der Waals surface area contributed by atoms with Gasteiger partial charge < -0.3 is 15.0 Å². The van der Waals surface area contributed by atoms with E-state index in [1.54, 1.807) is 0 Å². The summed E-state index contributed by atoms with van der Waals surface area (Å²) in [5, 5.41) is 8.15. The summed E-state index contributed by atoms with van der Waals surface area (Å²) in [5.74, 6) is 0. The van der Waals surface area contributed by atoms with Crippen LogP contribution < -0.4 is 10.2 Å². The van der Waals surface area contributed by atoms with Crippen LogP contribution in [0.4, 0.5) is 5.69 Å². The first-order valence-corrected chi connectivity index (χ1v) is 8.97. The summed E-state index contributed by atoms with van der Waals surface area (Å²) >= 11 is 0. The molecule has 1 aromatic heterocycles. The molecule has 0 bridgehead atoms. The molecule has 5 heteroatoms. The first-order valence-electron chi connectivity index (χ1n) is 8.97. The molecule has 0 spiro atoms. The molecular weight excluding hydrogens is 300 g/mol. The average molecular weight is 326 g/mol. The van der Waals surface area contributed by atoms with Crippen LogP contribution in [0.1, 0.15) is 35.7 Å². The fraction of sp³-hybridized carbons (Fsp3) is 0.526. The largest absolute Gasteiger partial charge is 0.378 e. The fourth-order valence-electron chi connectivity index (χ4n) is 3.81. The van der Waals surface area contributed by atoms with Gasteiger partial charge in [0.05, 0.1) is 19.4 Å². The minimum atomic E-state index is 0.432. The topological polar surface area (TPSA) is 42.3 Å². The molecule has 1 saturated heterocycles. The summed E-state index contributed by atoms with van der Waals surface area (Å²) in [6.45, 7) is 4.55. The SMILES string of the molecule is Cn1ncc2c1CCC[C@@H]2NCc1ccc(N2CCOCC2)cc1. The highest BCUT2D eigenvalue weighted by atomic mass is 16.5. The molecule has 2 aromatic rings. The monoisotopic (exact) mass is 326 g/mol. The van der Waals surface area contributed by atoms with Gasteiger partial charge in [-0.1, -0.05) is 12.1 Å². The van der Waals surface area contributed by atoms with E-state index >= 15 is 0 Å². The van der Waals surface area contributed by atoms with Crippen LogP contribution in [-0.2, 0) is 24.8 Å². The van der Waals surface area contributed by atoms with Gasteiger partial charge in [-0.05, 0) is 37.0 Å². The second kappa shape index (κ2) is 6.95. The van der Waals surface area contributed by atoms with Crippen LogP contribution in [0.2, 0.25) is 0 Å². The molecule has 5 nitrogen and oxygen atoms in total. The van der Waals surface area contributed by atoms with E-state index in [4.69, 9.17) is 4.74 Å². The number of morpholine rings is 1. The number of hydrogen-bond acceptors (Lipinski definition) is 4. The summed E-state index contributed by atoms with van der Waals surface area (Å²) in [5.41, 5.74) is 5.41. The van der Waals surface area contributed by atoms with Crippen LogP contribution in [0.15, 0.2) is 30.5 Å². The Hall–Kier alpha value is -1.85. The maximum atomic E-state index is 5.42. The molecule has 1 N–H and O–H groups in total. The van der Waals surface area contributed by atoms with Crippen molar-refractivity contribution >= 4 is 5.69 Å². The van der Waals surface area contributed by atoms with Crippen molar-refractivity contribution in [2.75, 3.05) is 31.2 Å². The van der Waals surface area contributed by atoms with E-state index in [2.05, 4.69) is 39.6 Å². The molecule has 1 aliphatic carbocycles. The minimum absolute atomic E-state index is 0.432. The Labute approximate surface area is 143 Å². The van der Waals surface area contributed by atoms with Gasteiger partial charge >= 0.3 is 0 Å². The second-order valence-electron chi connectivity index (χ2n) is 6.76. The number of fused-ring (bicyclic) bond motifs is 1. The highest BCUT2D eigenvalue weighted by Crippen LogP contribution is 2.29. The van der Waals surface area contributed by atoms with E-state index in [0.29, 0.717) is 6.04 Å². The highest BCUT2D eigenvalue weighted by molar-refractivity contribution is 5.47. The molecule has 2 heterocycles. The van der Waals surface area contributed by atoms with Crippen molar-refractivity contribution < 1.29 is 4.74 Å². The molecule has 1 atom stereocenters. The number of hydrogen-bond donors (Lipinski definition) is 1. The summed E-state index contributed by atoms with van der Waals surface area (Å²) < 4.78 is 7.45. The summed E-state index contributed by atoms with van der Waals surface area (Å²) in [6.07, 6.45) is 5.62. The van der Waals surface area contributed by atoms with Gasteiger partial charge in [0, 0.05) is 49.7 Å². The van der Waals surface area contributed by atoms with Crippen LogP contribution in [0.3, 0.4) is 0 Å². The zero-order valence-corrected chi connectivity index (χ0v) is 14.4. The lowest BCUT2D eigenvalue weighted by atomic mass is 9.93. The minimum Gasteiger partial charge on any atom is -0.378 e. The van der Waals surface area contributed by atoms with Gasteiger partial charge in [0.2, 0.25) is 0 Å². The van der Waals surface area contributed by atoms with Crippen LogP contribution >= 0.6 is 0 Å². The van der Waals surface area contributed by atoms with Gasteiger partial charge in [-0.2, -0.15) is 5.10 Å². The van der Waals surface area contributed by atoms with Crippen LogP contribution in [0.5, 0.6) is 0 Å². The zero-order valence-electron chi connectivity index (χ0n) is 14.4. The first kappa shape index (κ1) is 15.7. The van der Waals surface area contributed by atoms with Crippen LogP contribution in [0.25, 0.3) is 0 Å². The van der Waals surface area contributed by atoms with Gasteiger partial charge in [0.1, 0.15) is 0 Å². The Morgan fingerprint density at radius 1 is 1.21 bits per heavy atom. The Bertz CT molecular complexity index is 673. The molecule has 1 fully saturated rings. The second-order valence-corrected chi connectivity index (χ2v) is 6.76. The third-order valence-corrected chi connectivity index (χ3v) is 5.24. The number of nitrogens with one attached hydrogen (secondary N) is 1. The standard InChI is InChI=1S/C19H26N4O/c1-22-19-4-2-3-18(17(19)14-21-22)20-13-15-5-7-16(8-6-15)23-9-11-24-12-10-23/h5-8,14,18,20H,2-4,9-13H2,1H3/t18-/m0/s1. The number of aryl methyl sites for hydroxylation is 1. The molecule has 4 rings (SSSR count). The van der Waals surface area contributed by atoms with E-state index in [1.807, 2.05) is 17.9 Å².